The van der Waals surface area contributed by atoms with Crippen molar-refractivity contribution in [1.82, 2.24) is 0 Å². The fraction of sp³-hybridized carbons (Fsp3) is 0.0714. The van der Waals surface area contributed by atoms with Crippen LogP contribution in [0.15, 0.2) is 34.8 Å². The summed E-state index contributed by atoms with van der Waals surface area (Å²) in [4.78, 5) is 0. The number of rotatable bonds is 2. The quantitative estimate of drug-likeness (QED) is 0.873. The highest BCUT2D eigenvalue weighted by atomic mass is 79.9. The van der Waals surface area contributed by atoms with Gasteiger partial charge in [0.05, 0.1) is 11.3 Å². The van der Waals surface area contributed by atoms with Crippen LogP contribution in [-0.2, 0) is 0 Å². The minimum Gasteiger partial charge on any atom is -0.353 e. The summed E-state index contributed by atoms with van der Waals surface area (Å²) in [5.74, 6) is -2.20. The summed E-state index contributed by atoms with van der Waals surface area (Å²) in [6, 6.07) is 9.64. The van der Waals surface area contributed by atoms with Crippen LogP contribution in [-0.4, -0.2) is 0 Å². The van der Waals surface area contributed by atoms with Crippen molar-refractivity contribution < 1.29 is 8.78 Å². The Bertz CT molecular complexity index is 658. The molecule has 0 saturated heterocycles. The van der Waals surface area contributed by atoms with E-state index in [1.54, 1.807) is 18.2 Å². The monoisotopic (exact) mass is 322 g/mol. The molecular weight excluding hydrogens is 314 g/mol. The van der Waals surface area contributed by atoms with Gasteiger partial charge in [0.25, 0.3) is 0 Å². The number of benzene rings is 2. The molecule has 2 rings (SSSR count). The van der Waals surface area contributed by atoms with Crippen molar-refractivity contribution in [3.63, 3.8) is 0 Å². The van der Waals surface area contributed by atoms with Crippen LogP contribution in [0, 0.1) is 29.9 Å². The average molecular weight is 323 g/mol. The van der Waals surface area contributed by atoms with Gasteiger partial charge in [0.1, 0.15) is 6.07 Å². The molecule has 2 aromatic rings. The van der Waals surface area contributed by atoms with Gasteiger partial charge in [-0.3, -0.25) is 0 Å². The molecule has 0 radical (unpaired) electrons. The summed E-state index contributed by atoms with van der Waals surface area (Å²) >= 11 is 3.33. The Labute approximate surface area is 117 Å². The zero-order valence-corrected chi connectivity index (χ0v) is 11.6. The Morgan fingerprint density at radius 1 is 1.16 bits per heavy atom. The zero-order chi connectivity index (χ0) is 14.0. The third-order valence-corrected chi connectivity index (χ3v) is 2.98. The molecule has 2 aromatic carbocycles. The average Bonchev–Trinajstić information content (AvgIpc) is 2.34. The lowest BCUT2D eigenvalue weighted by Crippen LogP contribution is -1.99. The summed E-state index contributed by atoms with van der Waals surface area (Å²) in [7, 11) is 0. The Balaban J connectivity index is 2.39. The third kappa shape index (κ3) is 2.91. The molecule has 0 spiro atoms. The minimum atomic E-state index is -1.14. The molecule has 0 aromatic heterocycles. The van der Waals surface area contributed by atoms with Gasteiger partial charge in [0, 0.05) is 10.2 Å². The predicted octanol–water partition coefficient (Wildman–Crippen LogP) is 4.65. The van der Waals surface area contributed by atoms with Crippen molar-refractivity contribution in [3.05, 3.63) is 57.6 Å². The Morgan fingerprint density at radius 3 is 2.53 bits per heavy atom. The molecule has 19 heavy (non-hydrogen) atoms. The van der Waals surface area contributed by atoms with E-state index in [0.29, 0.717) is 5.69 Å². The molecule has 0 aliphatic rings. The molecule has 0 aliphatic carbocycles. The van der Waals surface area contributed by atoms with Crippen LogP contribution in [0.3, 0.4) is 0 Å². The van der Waals surface area contributed by atoms with E-state index in [0.717, 1.165) is 10.0 Å². The molecule has 0 saturated carbocycles. The van der Waals surface area contributed by atoms with Gasteiger partial charge in [0.15, 0.2) is 11.6 Å². The van der Waals surface area contributed by atoms with Crippen LogP contribution >= 0.6 is 15.9 Å². The van der Waals surface area contributed by atoms with E-state index in [-0.39, 0.29) is 11.3 Å². The van der Waals surface area contributed by atoms with Gasteiger partial charge in [0.2, 0.25) is 0 Å². The van der Waals surface area contributed by atoms with Crippen molar-refractivity contribution in [3.8, 4) is 6.07 Å². The van der Waals surface area contributed by atoms with Gasteiger partial charge in [-0.2, -0.15) is 5.26 Å². The highest BCUT2D eigenvalue weighted by Crippen LogP contribution is 2.26. The van der Waals surface area contributed by atoms with Crippen molar-refractivity contribution in [2.75, 3.05) is 5.32 Å². The molecule has 2 nitrogen and oxygen atoms in total. The topological polar surface area (TPSA) is 35.8 Å². The van der Waals surface area contributed by atoms with Crippen LogP contribution in [0.25, 0.3) is 0 Å². The smallest absolute Gasteiger partial charge is 0.183 e. The van der Waals surface area contributed by atoms with Gasteiger partial charge in [-0.25, -0.2) is 8.78 Å². The molecule has 0 fully saturated rings. The lowest BCUT2D eigenvalue weighted by atomic mass is 10.1. The van der Waals surface area contributed by atoms with Crippen molar-refractivity contribution in [1.29, 1.82) is 5.26 Å². The fourth-order valence-electron chi connectivity index (χ4n) is 1.70. The van der Waals surface area contributed by atoms with Gasteiger partial charge in [-0.1, -0.05) is 15.9 Å². The van der Waals surface area contributed by atoms with Crippen LogP contribution in [0.1, 0.15) is 11.1 Å². The van der Waals surface area contributed by atoms with E-state index < -0.39 is 11.6 Å². The van der Waals surface area contributed by atoms with E-state index in [4.69, 9.17) is 5.26 Å². The van der Waals surface area contributed by atoms with Crippen LogP contribution in [0.5, 0.6) is 0 Å². The summed E-state index contributed by atoms with van der Waals surface area (Å²) in [6.07, 6.45) is 0. The fourth-order valence-corrected chi connectivity index (χ4v) is 2.30. The molecule has 0 amide bonds. The third-order valence-electron chi connectivity index (χ3n) is 2.52. The van der Waals surface area contributed by atoms with Crippen molar-refractivity contribution in [2.24, 2.45) is 0 Å². The molecule has 0 unspecified atom stereocenters. The molecule has 5 heteroatoms. The first-order valence-corrected chi connectivity index (χ1v) is 6.23. The number of halogens is 3. The van der Waals surface area contributed by atoms with Crippen molar-refractivity contribution >= 4 is 27.3 Å². The number of hydrogen-bond donors (Lipinski definition) is 1. The Morgan fingerprint density at radius 2 is 1.89 bits per heavy atom. The van der Waals surface area contributed by atoms with Gasteiger partial charge in [-0.15, -0.1) is 0 Å². The van der Waals surface area contributed by atoms with E-state index in [2.05, 4.69) is 21.2 Å². The number of nitriles is 1. The lowest BCUT2D eigenvalue weighted by molar-refractivity contribution is 0.509. The molecule has 96 valence electrons. The van der Waals surface area contributed by atoms with Gasteiger partial charge in [-0.05, 0) is 42.8 Å². The number of hydrogen-bond acceptors (Lipinski definition) is 2. The first-order valence-electron chi connectivity index (χ1n) is 5.43. The number of anilines is 2. The Hall–Kier alpha value is -1.93. The lowest BCUT2D eigenvalue weighted by Gasteiger charge is -2.10. The molecule has 0 bridgehead atoms. The van der Waals surface area contributed by atoms with E-state index in [1.165, 1.54) is 12.1 Å². The summed E-state index contributed by atoms with van der Waals surface area (Å²) in [5.41, 5.74) is 1.30. The van der Waals surface area contributed by atoms with Crippen LogP contribution in [0.2, 0.25) is 0 Å². The normalized spacial score (nSPS) is 10.1. The van der Waals surface area contributed by atoms with Crippen LogP contribution in [0.4, 0.5) is 20.2 Å². The first-order chi connectivity index (χ1) is 9.01. The standard InChI is InChI=1S/C14H9BrF2N2/c1-8-4-10(15)6-11(5-8)19-12-3-2-9(7-18)13(16)14(12)17/h2-6,19H,1H3. The SMILES string of the molecule is Cc1cc(Br)cc(Nc2ccc(C#N)c(F)c2F)c1. The summed E-state index contributed by atoms with van der Waals surface area (Å²) in [5, 5.41) is 11.4. The van der Waals surface area contributed by atoms with E-state index >= 15 is 0 Å². The van der Waals surface area contributed by atoms with E-state index in [9.17, 15) is 8.78 Å². The molecular formula is C14H9BrF2N2. The van der Waals surface area contributed by atoms with Crippen molar-refractivity contribution in [2.45, 2.75) is 6.92 Å². The molecule has 1 N–H and O–H groups in total. The van der Waals surface area contributed by atoms with Crippen LogP contribution < -0.4 is 5.32 Å². The highest BCUT2D eigenvalue weighted by molar-refractivity contribution is 9.10. The first kappa shape index (κ1) is 13.5. The van der Waals surface area contributed by atoms with Gasteiger partial charge < -0.3 is 5.32 Å². The molecule has 0 aliphatic heterocycles. The molecule has 0 atom stereocenters. The second kappa shape index (κ2) is 5.37. The maximum absolute atomic E-state index is 13.7. The second-order valence-electron chi connectivity index (χ2n) is 4.04. The maximum atomic E-state index is 13.7. The van der Waals surface area contributed by atoms with Gasteiger partial charge >= 0.3 is 0 Å². The summed E-state index contributed by atoms with van der Waals surface area (Å²) < 4.78 is 28.1. The van der Waals surface area contributed by atoms with E-state index in [1.807, 2.05) is 13.0 Å². The summed E-state index contributed by atoms with van der Waals surface area (Å²) in [6.45, 7) is 1.89. The second-order valence-corrected chi connectivity index (χ2v) is 4.96. The number of aryl methyl sites for hydroxylation is 1. The Kier molecular flexibility index (Phi) is 3.82. The predicted molar refractivity (Wildman–Crippen MR) is 73.2 cm³/mol. The number of nitrogens with one attached hydrogen (secondary N) is 1. The minimum absolute atomic E-state index is 0.00556. The zero-order valence-electron chi connectivity index (χ0n) is 9.97. The largest absolute Gasteiger partial charge is 0.353 e. The molecule has 0 heterocycles. The number of nitrogens with zero attached hydrogens (tertiary/aromatic N) is 1. The highest BCUT2D eigenvalue weighted by Gasteiger charge is 2.13. The maximum Gasteiger partial charge on any atom is 0.183 e.